The molecule has 2 N–H and O–H groups in total. The van der Waals surface area contributed by atoms with E-state index in [4.69, 9.17) is 11.6 Å². The lowest BCUT2D eigenvalue weighted by molar-refractivity contribution is -0.124. The highest BCUT2D eigenvalue weighted by atomic mass is 35.5. The van der Waals surface area contributed by atoms with E-state index in [1.807, 2.05) is 48.0 Å². The van der Waals surface area contributed by atoms with E-state index in [1.54, 1.807) is 18.2 Å². The van der Waals surface area contributed by atoms with E-state index in [9.17, 15) is 9.59 Å². The van der Waals surface area contributed by atoms with Gasteiger partial charge in [-0.1, -0.05) is 11.6 Å². The molecule has 0 radical (unpaired) electrons. The maximum Gasteiger partial charge on any atom is 0.251 e. The molecule has 1 aliphatic rings. The smallest absolute Gasteiger partial charge is 0.251 e. The summed E-state index contributed by atoms with van der Waals surface area (Å²) in [7, 11) is 1.90. The van der Waals surface area contributed by atoms with Crippen molar-refractivity contribution in [2.24, 2.45) is 0 Å². The highest BCUT2D eigenvalue weighted by molar-refractivity contribution is 6.32. The highest BCUT2D eigenvalue weighted by Crippen LogP contribution is 2.23. The van der Waals surface area contributed by atoms with Crippen LogP contribution >= 0.6 is 11.6 Å². The molecule has 6 nitrogen and oxygen atoms in total. The van der Waals surface area contributed by atoms with Crippen LogP contribution in [0, 0.1) is 0 Å². The Morgan fingerprint density at radius 2 is 2.00 bits per heavy atom. The number of nitrogens with zero attached hydrogens (tertiary/aromatic N) is 2. The van der Waals surface area contributed by atoms with Crippen molar-refractivity contribution in [1.82, 2.24) is 20.1 Å². The van der Waals surface area contributed by atoms with Crippen LogP contribution in [0.15, 0.2) is 42.7 Å². The summed E-state index contributed by atoms with van der Waals surface area (Å²) < 4.78 is 1.87. The van der Waals surface area contributed by atoms with Gasteiger partial charge in [0.15, 0.2) is 0 Å². The van der Waals surface area contributed by atoms with Crippen molar-refractivity contribution in [3.8, 4) is 5.69 Å². The molecular formula is C19H23ClN4O2. The summed E-state index contributed by atoms with van der Waals surface area (Å²) in [6.45, 7) is 3.15. The minimum absolute atomic E-state index is 0.00753. The summed E-state index contributed by atoms with van der Waals surface area (Å²) in [4.78, 5) is 26.7. The van der Waals surface area contributed by atoms with E-state index in [1.165, 1.54) is 0 Å². The molecule has 2 aromatic rings. The minimum Gasteiger partial charge on any atom is -0.355 e. The zero-order chi connectivity index (χ0) is 18.7. The largest absolute Gasteiger partial charge is 0.355 e. The van der Waals surface area contributed by atoms with Gasteiger partial charge in [-0.2, -0.15) is 0 Å². The molecule has 2 amide bonds. The van der Waals surface area contributed by atoms with Gasteiger partial charge >= 0.3 is 0 Å². The zero-order valence-corrected chi connectivity index (χ0v) is 15.7. The van der Waals surface area contributed by atoms with Gasteiger partial charge in [0, 0.05) is 37.1 Å². The van der Waals surface area contributed by atoms with Crippen LogP contribution in [0.4, 0.5) is 0 Å². The van der Waals surface area contributed by atoms with Crippen LogP contribution < -0.4 is 10.6 Å². The third kappa shape index (κ3) is 3.92. The third-order valence-corrected chi connectivity index (χ3v) is 4.95. The number of hydrogen-bond acceptors (Lipinski definition) is 3. The van der Waals surface area contributed by atoms with Crippen molar-refractivity contribution in [1.29, 1.82) is 0 Å². The van der Waals surface area contributed by atoms with Crippen LogP contribution in [-0.2, 0) is 4.79 Å². The first-order valence-corrected chi connectivity index (χ1v) is 9.09. The number of amides is 2. The van der Waals surface area contributed by atoms with Crippen LogP contribution in [-0.4, -0.2) is 53.5 Å². The summed E-state index contributed by atoms with van der Waals surface area (Å²) in [6.07, 6.45) is 4.36. The maximum absolute atomic E-state index is 12.7. The molecule has 1 aliphatic heterocycles. The molecule has 2 heterocycles. The number of likely N-dealkylation sites (N-methyl/N-ethyl adjacent to an activating group) is 2. The Labute approximate surface area is 158 Å². The van der Waals surface area contributed by atoms with E-state index in [0.29, 0.717) is 30.1 Å². The predicted molar refractivity (Wildman–Crippen MR) is 102 cm³/mol. The van der Waals surface area contributed by atoms with Crippen molar-refractivity contribution in [2.75, 3.05) is 20.1 Å². The Morgan fingerprint density at radius 1 is 1.27 bits per heavy atom. The molecule has 2 atom stereocenters. The molecule has 0 aliphatic carbocycles. The Bertz CT molecular complexity index is 791. The van der Waals surface area contributed by atoms with Gasteiger partial charge in [0.05, 0.1) is 16.8 Å². The molecule has 1 saturated heterocycles. The van der Waals surface area contributed by atoms with Crippen LogP contribution in [0.5, 0.6) is 0 Å². The first-order valence-electron chi connectivity index (χ1n) is 8.71. The van der Waals surface area contributed by atoms with Gasteiger partial charge in [0.25, 0.3) is 5.91 Å². The van der Waals surface area contributed by atoms with Crippen LogP contribution in [0.3, 0.4) is 0 Å². The minimum atomic E-state index is -0.207. The summed E-state index contributed by atoms with van der Waals surface area (Å²) >= 11 is 6.26. The Hall–Kier alpha value is -2.31. The summed E-state index contributed by atoms with van der Waals surface area (Å²) in [6, 6.07) is 8.75. The molecule has 138 valence electrons. The van der Waals surface area contributed by atoms with Gasteiger partial charge in [-0.05, 0) is 50.7 Å². The van der Waals surface area contributed by atoms with Gasteiger partial charge in [-0.25, -0.2) is 0 Å². The standard InChI is InChI=1S/C19H23ClN4O2/c1-3-21-19(26)17-11-14(12-23(17)2)22-18(25)13-6-7-15(20)16(10-13)24-8-4-5-9-24/h4-10,14,17H,3,11-12H2,1-2H3,(H,21,26)(H,22,25)/t14-,17+/m1/s1. The predicted octanol–water partition coefficient (Wildman–Crippen LogP) is 2.07. The Kier molecular flexibility index (Phi) is 5.64. The number of carbonyl (C=O) groups excluding carboxylic acids is 2. The lowest BCUT2D eigenvalue weighted by atomic mass is 10.1. The van der Waals surface area contributed by atoms with Gasteiger partial charge in [0.1, 0.15) is 0 Å². The molecule has 3 rings (SSSR count). The second-order valence-corrected chi connectivity index (χ2v) is 6.92. The molecular weight excluding hydrogens is 352 g/mol. The van der Waals surface area contributed by atoms with Crippen molar-refractivity contribution < 1.29 is 9.59 Å². The second-order valence-electron chi connectivity index (χ2n) is 6.51. The second kappa shape index (κ2) is 7.93. The fourth-order valence-electron chi connectivity index (χ4n) is 3.32. The Balaban J connectivity index is 1.69. The molecule has 0 unspecified atom stereocenters. The van der Waals surface area contributed by atoms with E-state index >= 15 is 0 Å². The van der Waals surface area contributed by atoms with Gasteiger partial charge in [-0.15, -0.1) is 0 Å². The number of likely N-dealkylation sites (tertiary alicyclic amines) is 1. The van der Waals surface area contributed by atoms with Gasteiger partial charge in [-0.3, -0.25) is 14.5 Å². The van der Waals surface area contributed by atoms with Crippen LogP contribution in [0.25, 0.3) is 5.69 Å². The topological polar surface area (TPSA) is 66.4 Å². The Morgan fingerprint density at radius 3 is 2.69 bits per heavy atom. The average molecular weight is 375 g/mol. The molecule has 0 saturated carbocycles. The van der Waals surface area contributed by atoms with Crippen molar-refractivity contribution >= 4 is 23.4 Å². The van der Waals surface area contributed by atoms with Crippen LogP contribution in [0.1, 0.15) is 23.7 Å². The number of carbonyl (C=O) groups is 2. The molecule has 0 bridgehead atoms. The molecule has 1 aromatic carbocycles. The zero-order valence-electron chi connectivity index (χ0n) is 14.9. The molecule has 0 spiro atoms. The van der Waals surface area contributed by atoms with E-state index in [-0.39, 0.29) is 23.9 Å². The van der Waals surface area contributed by atoms with E-state index in [0.717, 1.165) is 5.69 Å². The highest BCUT2D eigenvalue weighted by Gasteiger charge is 2.35. The summed E-state index contributed by atoms with van der Waals surface area (Å²) in [5, 5.41) is 6.45. The lowest BCUT2D eigenvalue weighted by Gasteiger charge is -2.17. The number of hydrogen-bond donors (Lipinski definition) is 2. The monoisotopic (exact) mass is 374 g/mol. The van der Waals surface area contributed by atoms with Crippen molar-refractivity contribution in [3.05, 3.63) is 53.3 Å². The number of aromatic nitrogens is 1. The first-order chi connectivity index (χ1) is 12.5. The number of benzene rings is 1. The van der Waals surface area contributed by atoms with E-state index in [2.05, 4.69) is 10.6 Å². The van der Waals surface area contributed by atoms with Crippen molar-refractivity contribution in [2.45, 2.75) is 25.4 Å². The molecule has 26 heavy (non-hydrogen) atoms. The summed E-state index contributed by atoms with van der Waals surface area (Å²) in [5.74, 6) is -0.154. The number of rotatable bonds is 5. The summed E-state index contributed by atoms with van der Waals surface area (Å²) in [5.41, 5.74) is 1.30. The quantitative estimate of drug-likeness (QED) is 0.842. The third-order valence-electron chi connectivity index (χ3n) is 4.63. The van der Waals surface area contributed by atoms with Crippen molar-refractivity contribution in [3.63, 3.8) is 0 Å². The van der Waals surface area contributed by atoms with Crippen LogP contribution in [0.2, 0.25) is 5.02 Å². The number of nitrogens with one attached hydrogen (secondary N) is 2. The molecule has 7 heteroatoms. The SMILES string of the molecule is CCNC(=O)[C@@H]1C[C@@H](NC(=O)c2ccc(Cl)c(-n3cccc3)c2)CN1C. The number of halogens is 1. The maximum atomic E-state index is 12.7. The normalized spacial score (nSPS) is 20.1. The van der Waals surface area contributed by atoms with Gasteiger partial charge < -0.3 is 15.2 Å². The molecule has 1 aromatic heterocycles. The van der Waals surface area contributed by atoms with E-state index < -0.39 is 0 Å². The lowest BCUT2D eigenvalue weighted by Crippen LogP contribution is -2.41. The van der Waals surface area contributed by atoms with Gasteiger partial charge in [0.2, 0.25) is 5.91 Å². The average Bonchev–Trinajstić information content (AvgIpc) is 3.25. The molecule has 1 fully saturated rings. The fourth-order valence-corrected chi connectivity index (χ4v) is 3.53. The fraction of sp³-hybridized carbons (Fsp3) is 0.368. The first kappa shape index (κ1) is 18.5.